The number of nitrogen functional groups attached to an aromatic ring is 1. The molecule has 3 aromatic heterocycles. The summed E-state index contributed by atoms with van der Waals surface area (Å²) in [6, 6.07) is 4.12. The zero-order valence-corrected chi connectivity index (χ0v) is 13.2. The highest BCUT2D eigenvalue weighted by atomic mass is 32.1. The third-order valence-corrected chi connectivity index (χ3v) is 4.91. The Kier molecular flexibility index (Phi) is 4.12. The first-order chi connectivity index (χ1) is 10.3. The molecule has 0 spiro atoms. The van der Waals surface area contributed by atoms with Crippen LogP contribution in [0.4, 0.5) is 11.8 Å². The van der Waals surface area contributed by atoms with Crippen LogP contribution in [-0.4, -0.2) is 15.0 Å². The van der Waals surface area contributed by atoms with E-state index in [1.54, 1.807) is 28.9 Å². The lowest BCUT2D eigenvalue weighted by Gasteiger charge is -2.08. The fourth-order valence-corrected chi connectivity index (χ4v) is 3.54. The van der Waals surface area contributed by atoms with E-state index in [1.807, 2.05) is 6.07 Å². The minimum atomic E-state index is 0.284. The van der Waals surface area contributed by atoms with Crippen LogP contribution in [0.3, 0.4) is 0 Å². The van der Waals surface area contributed by atoms with Crippen molar-refractivity contribution in [1.29, 1.82) is 0 Å². The molecule has 0 unspecified atom stereocenters. The minimum Gasteiger partial charge on any atom is -0.368 e. The van der Waals surface area contributed by atoms with Crippen LogP contribution in [0, 0.1) is 0 Å². The fraction of sp³-hybridized carbons (Fsp3) is 0.214. The summed E-state index contributed by atoms with van der Waals surface area (Å²) in [5.41, 5.74) is 7.70. The van der Waals surface area contributed by atoms with E-state index in [2.05, 4.69) is 44.0 Å². The van der Waals surface area contributed by atoms with E-state index in [4.69, 9.17) is 5.73 Å². The molecule has 5 nitrogen and oxygen atoms in total. The lowest BCUT2D eigenvalue weighted by molar-refractivity contribution is 1.00. The summed E-state index contributed by atoms with van der Waals surface area (Å²) in [6.45, 7) is 2.70. The second-order valence-electron chi connectivity index (χ2n) is 4.43. The molecule has 0 aliphatic rings. The van der Waals surface area contributed by atoms with Gasteiger partial charge in [-0.05, 0) is 17.9 Å². The van der Waals surface area contributed by atoms with Crippen LogP contribution in [0.1, 0.15) is 18.2 Å². The van der Waals surface area contributed by atoms with E-state index >= 15 is 0 Å². The molecular formula is C14H15N5S2. The molecule has 3 aromatic rings. The van der Waals surface area contributed by atoms with Crippen LogP contribution in [0.25, 0.3) is 9.88 Å². The summed E-state index contributed by atoms with van der Waals surface area (Å²) in [7, 11) is 0. The second-order valence-corrected chi connectivity index (χ2v) is 6.24. The molecule has 0 radical (unpaired) electrons. The topological polar surface area (TPSA) is 76.7 Å². The van der Waals surface area contributed by atoms with Gasteiger partial charge in [0.1, 0.15) is 10.8 Å². The van der Waals surface area contributed by atoms with Crippen molar-refractivity contribution in [3.63, 3.8) is 0 Å². The molecule has 0 fully saturated rings. The van der Waals surface area contributed by atoms with Gasteiger partial charge in [0.15, 0.2) is 0 Å². The Morgan fingerprint density at radius 2 is 2.19 bits per heavy atom. The molecule has 0 atom stereocenters. The Bertz CT molecular complexity index is 721. The molecule has 0 bridgehead atoms. The molecule has 108 valence electrons. The third-order valence-electron chi connectivity index (χ3n) is 2.98. The van der Waals surface area contributed by atoms with Crippen LogP contribution < -0.4 is 11.1 Å². The Labute approximate surface area is 130 Å². The van der Waals surface area contributed by atoms with Gasteiger partial charge in [0.05, 0.1) is 17.1 Å². The second kappa shape index (κ2) is 6.19. The zero-order valence-electron chi connectivity index (χ0n) is 11.5. The van der Waals surface area contributed by atoms with Gasteiger partial charge < -0.3 is 11.1 Å². The Balaban J connectivity index is 1.72. The standard InChI is InChI=1S/C14H15N5S2/c1-2-9-6-17-14(15)19-12(9)16-7-10-8-21-13(18-10)11-4-3-5-20-11/h3-6,8H,2,7H2,1H3,(H3,15,16,17,19). The van der Waals surface area contributed by atoms with Crippen molar-refractivity contribution in [1.82, 2.24) is 15.0 Å². The molecule has 3 rings (SSSR count). The van der Waals surface area contributed by atoms with E-state index in [0.29, 0.717) is 6.54 Å². The Morgan fingerprint density at radius 3 is 2.95 bits per heavy atom. The number of rotatable bonds is 5. The predicted octanol–water partition coefficient (Wildman–Crippen LogP) is 3.42. The average molecular weight is 317 g/mol. The van der Waals surface area contributed by atoms with Crippen LogP contribution in [0.15, 0.2) is 29.1 Å². The largest absolute Gasteiger partial charge is 0.368 e. The zero-order chi connectivity index (χ0) is 14.7. The van der Waals surface area contributed by atoms with Crippen molar-refractivity contribution in [3.05, 3.63) is 40.3 Å². The van der Waals surface area contributed by atoms with Gasteiger partial charge >= 0.3 is 0 Å². The predicted molar refractivity (Wildman–Crippen MR) is 88.6 cm³/mol. The summed E-state index contributed by atoms with van der Waals surface area (Å²) in [6.07, 6.45) is 2.63. The number of hydrogen-bond acceptors (Lipinski definition) is 7. The normalized spacial score (nSPS) is 10.7. The maximum Gasteiger partial charge on any atom is 0.221 e. The smallest absolute Gasteiger partial charge is 0.221 e. The van der Waals surface area contributed by atoms with Gasteiger partial charge in [0.25, 0.3) is 0 Å². The van der Waals surface area contributed by atoms with Gasteiger partial charge in [-0.3, -0.25) is 0 Å². The molecular weight excluding hydrogens is 302 g/mol. The van der Waals surface area contributed by atoms with Crippen molar-refractivity contribution in [2.24, 2.45) is 0 Å². The quantitative estimate of drug-likeness (QED) is 0.754. The monoisotopic (exact) mass is 317 g/mol. The van der Waals surface area contributed by atoms with Gasteiger partial charge in [-0.15, -0.1) is 22.7 Å². The lowest BCUT2D eigenvalue weighted by atomic mass is 10.2. The SMILES string of the molecule is CCc1cnc(N)nc1NCc1csc(-c2cccs2)n1. The number of thiophene rings is 1. The molecule has 3 N–H and O–H groups in total. The maximum atomic E-state index is 5.65. The van der Waals surface area contributed by atoms with Crippen molar-refractivity contribution < 1.29 is 0 Å². The number of hydrogen-bond donors (Lipinski definition) is 2. The molecule has 0 amide bonds. The van der Waals surface area contributed by atoms with E-state index in [9.17, 15) is 0 Å². The van der Waals surface area contributed by atoms with Crippen LogP contribution in [0.2, 0.25) is 0 Å². The van der Waals surface area contributed by atoms with E-state index in [0.717, 1.165) is 28.5 Å². The first kappa shape index (κ1) is 14.0. The number of nitrogens with two attached hydrogens (primary N) is 1. The van der Waals surface area contributed by atoms with E-state index < -0.39 is 0 Å². The number of aromatic nitrogens is 3. The molecule has 21 heavy (non-hydrogen) atoms. The van der Waals surface area contributed by atoms with Crippen LogP contribution in [0.5, 0.6) is 0 Å². The summed E-state index contributed by atoms with van der Waals surface area (Å²) < 4.78 is 0. The fourth-order valence-electron chi connectivity index (χ4n) is 1.91. The number of anilines is 2. The summed E-state index contributed by atoms with van der Waals surface area (Å²) >= 11 is 3.36. The number of nitrogens with one attached hydrogen (secondary N) is 1. The lowest BCUT2D eigenvalue weighted by Crippen LogP contribution is -2.07. The average Bonchev–Trinajstić information content (AvgIpc) is 3.16. The Morgan fingerprint density at radius 1 is 1.29 bits per heavy atom. The van der Waals surface area contributed by atoms with E-state index in [-0.39, 0.29) is 5.95 Å². The third kappa shape index (κ3) is 3.20. The van der Waals surface area contributed by atoms with E-state index in [1.165, 1.54) is 4.88 Å². The highest BCUT2D eigenvalue weighted by Gasteiger charge is 2.08. The first-order valence-electron chi connectivity index (χ1n) is 6.60. The highest BCUT2D eigenvalue weighted by Crippen LogP contribution is 2.28. The Hall–Kier alpha value is -1.99. The summed E-state index contributed by atoms with van der Waals surface area (Å²) in [4.78, 5) is 14.1. The highest BCUT2D eigenvalue weighted by molar-refractivity contribution is 7.20. The van der Waals surface area contributed by atoms with Gasteiger partial charge in [-0.1, -0.05) is 13.0 Å². The van der Waals surface area contributed by atoms with Crippen LogP contribution in [-0.2, 0) is 13.0 Å². The van der Waals surface area contributed by atoms with Gasteiger partial charge in [0, 0.05) is 17.1 Å². The molecule has 0 saturated heterocycles. The molecule has 0 saturated carbocycles. The van der Waals surface area contributed by atoms with Gasteiger partial charge in [0.2, 0.25) is 5.95 Å². The number of thiazole rings is 1. The first-order valence-corrected chi connectivity index (χ1v) is 8.35. The molecule has 7 heteroatoms. The number of aryl methyl sites for hydroxylation is 1. The summed E-state index contributed by atoms with van der Waals surface area (Å²) in [5.74, 6) is 1.07. The number of nitrogens with zero attached hydrogens (tertiary/aromatic N) is 3. The van der Waals surface area contributed by atoms with Crippen molar-refractivity contribution >= 4 is 34.4 Å². The van der Waals surface area contributed by atoms with Crippen molar-refractivity contribution in [2.45, 2.75) is 19.9 Å². The van der Waals surface area contributed by atoms with Crippen LogP contribution >= 0.6 is 22.7 Å². The molecule has 3 heterocycles. The van der Waals surface area contributed by atoms with Gasteiger partial charge in [-0.25, -0.2) is 9.97 Å². The summed E-state index contributed by atoms with van der Waals surface area (Å²) in [5, 5.41) is 8.48. The van der Waals surface area contributed by atoms with Crippen molar-refractivity contribution in [3.8, 4) is 9.88 Å². The molecule has 0 aliphatic carbocycles. The molecule has 0 aromatic carbocycles. The maximum absolute atomic E-state index is 5.65. The van der Waals surface area contributed by atoms with Crippen molar-refractivity contribution in [2.75, 3.05) is 11.1 Å². The minimum absolute atomic E-state index is 0.284. The molecule has 0 aliphatic heterocycles. The van der Waals surface area contributed by atoms with Gasteiger partial charge in [-0.2, -0.15) is 4.98 Å².